The van der Waals surface area contributed by atoms with Crippen molar-refractivity contribution in [3.63, 3.8) is 0 Å². The van der Waals surface area contributed by atoms with E-state index >= 15 is 0 Å². The zero-order chi connectivity index (χ0) is 20.6. The highest BCUT2D eigenvalue weighted by Crippen LogP contribution is 2.48. The maximum Gasteiger partial charge on any atom is 0.250 e. The molecule has 1 spiro atoms. The van der Waals surface area contributed by atoms with Crippen molar-refractivity contribution in [2.45, 2.75) is 38.3 Å². The zero-order valence-corrected chi connectivity index (χ0v) is 17.0. The minimum absolute atomic E-state index is 0.0959. The Bertz CT molecular complexity index is 925. The maximum absolute atomic E-state index is 13.4. The van der Waals surface area contributed by atoms with Crippen molar-refractivity contribution in [1.29, 1.82) is 0 Å². The molecule has 152 valence electrons. The Balaban J connectivity index is 1.67. The molecule has 0 aliphatic carbocycles. The number of fused-ring (bicyclic) bond motifs is 2. The number of hydrogen-bond acceptors (Lipinski definition) is 4. The Morgan fingerprint density at radius 3 is 2.62 bits per heavy atom. The van der Waals surface area contributed by atoms with E-state index in [4.69, 9.17) is 4.74 Å². The smallest absolute Gasteiger partial charge is 0.250 e. The molecule has 2 amide bonds. The van der Waals surface area contributed by atoms with Crippen LogP contribution in [-0.4, -0.2) is 25.0 Å². The van der Waals surface area contributed by atoms with E-state index in [1.807, 2.05) is 24.3 Å². The molecule has 0 bridgehead atoms. The Kier molecular flexibility index (Phi) is 5.04. The highest BCUT2D eigenvalue weighted by molar-refractivity contribution is 6.10. The number of rotatable bonds is 5. The molecule has 6 heteroatoms. The summed E-state index contributed by atoms with van der Waals surface area (Å²) in [6, 6.07) is 14.9. The maximum atomic E-state index is 13.4. The Morgan fingerprint density at radius 2 is 1.93 bits per heavy atom. The molecule has 0 aromatic heterocycles. The van der Waals surface area contributed by atoms with Crippen LogP contribution in [0.5, 0.6) is 5.75 Å². The van der Waals surface area contributed by atoms with Crippen LogP contribution in [0.1, 0.15) is 32.3 Å². The van der Waals surface area contributed by atoms with E-state index in [1.165, 1.54) is 0 Å². The fourth-order valence-corrected chi connectivity index (χ4v) is 4.64. The highest BCUT2D eigenvalue weighted by Gasteiger charge is 2.59. The van der Waals surface area contributed by atoms with Gasteiger partial charge < -0.3 is 15.4 Å². The van der Waals surface area contributed by atoms with Crippen molar-refractivity contribution in [1.82, 2.24) is 5.32 Å². The molecule has 1 saturated heterocycles. The van der Waals surface area contributed by atoms with Crippen molar-refractivity contribution in [2.75, 3.05) is 17.7 Å². The number of carbonyl (C=O) groups excluding carboxylic acids is 2. The number of hydrogen-bond donors (Lipinski definition) is 3. The average Bonchev–Trinajstić information content (AvgIpc) is 3.21. The molecule has 29 heavy (non-hydrogen) atoms. The van der Waals surface area contributed by atoms with E-state index < -0.39 is 11.5 Å². The Hall–Kier alpha value is -2.86. The molecule has 2 aromatic carbocycles. The fraction of sp³-hybridized carbons (Fsp3) is 0.391. The molecule has 3 N–H and O–H groups in total. The van der Waals surface area contributed by atoms with Crippen molar-refractivity contribution in [3.8, 4) is 5.75 Å². The topological polar surface area (TPSA) is 79.5 Å². The molecule has 4 rings (SSSR count). The van der Waals surface area contributed by atoms with Gasteiger partial charge in [-0.3, -0.25) is 14.9 Å². The highest BCUT2D eigenvalue weighted by atomic mass is 16.5. The van der Waals surface area contributed by atoms with E-state index in [0.717, 1.165) is 23.4 Å². The third-order valence-corrected chi connectivity index (χ3v) is 5.86. The second-order valence-corrected chi connectivity index (χ2v) is 8.28. The van der Waals surface area contributed by atoms with Crippen molar-refractivity contribution < 1.29 is 14.3 Å². The number of anilines is 2. The quantitative estimate of drug-likeness (QED) is 0.726. The van der Waals surface area contributed by atoms with Crippen molar-refractivity contribution in [3.05, 3.63) is 54.1 Å². The number of methoxy groups -OCH3 is 1. The molecule has 3 atom stereocenters. The van der Waals surface area contributed by atoms with Gasteiger partial charge in [-0.25, -0.2) is 0 Å². The summed E-state index contributed by atoms with van der Waals surface area (Å²) >= 11 is 0. The number of nitrogens with one attached hydrogen (secondary N) is 3. The molecular weight excluding hydrogens is 366 g/mol. The molecule has 6 nitrogen and oxygen atoms in total. The molecule has 0 saturated carbocycles. The lowest BCUT2D eigenvalue weighted by Gasteiger charge is -2.29. The summed E-state index contributed by atoms with van der Waals surface area (Å²) < 4.78 is 5.18. The number of benzene rings is 2. The largest absolute Gasteiger partial charge is 0.497 e. The second-order valence-electron chi connectivity index (χ2n) is 8.28. The summed E-state index contributed by atoms with van der Waals surface area (Å²) in [5.41, 5.74) is 1.28. The third-order valence-electron chi connectivity index (χ3n) is 5.86. The van der Waals surface area contributed by atoms with E-state index in [-0.39, 0.29) is 17.9 Å². The van der Waals surface area contributed by atoms with Gasteiger partial charge in [-0.05, 0) is 49.1 Å². The molecular formula is C23H27N3O3. The molecule has 2 aromatic rings. The molecule has 2 aliphatic heterocycles. The molecule has 0 radical (unpaired) electrons. The van der Waals surface area contributed by atoms with E-state index in [2.05, 4.69) is 29.8 Å². The monoisotopic (exact) mass is 393 g/mol. The van der Waals surface area contributed by atoms with Crippen LogP contribution in [0.15, 0.2) is 48.5 Å². The van der Waals surface area contributed by atoms with E-state index in [0.29, 0.717) is 18.0 Å². The summed E-state index contributed by atoms with van der Waals surface area (Å²) in [5, 5.41) is 9.51. The van der Waals surface area contributed by atoms with Gasteiger partial charge in [0, 0.05) is 23.0 Å². The number of amides is 2. The van der Waals surface area contributed by atoms with Crippen LogP contribution in [0.25, 0.3) is 0 Å². The van der Waals surface area contributed by atoms with Crippen molar-refractivity contribution >= 4 is 23.2 Å². The van der Waals surface area contributed by atoms with Gasteiger partial charge in [-0.2, -0.15) is 0 Å². The first-order valence-electron chi connectivity index (χ1n) is 10.1. The van der Waals surface area contributed by atoms with Crippen LogP contribution in [0.3, 0.4) is 0 Å². The summed E-state index contributed by atoms with van der Waals surface area (Å²) in [6.45, 7) is 4.31. The Morgan fingerprint density at radius 1 is 1.21 bits per heavy atom. The molecule has 1 fully saturated rings. The van der Waals surface area contributed by atoms with Crippen LogP contribution in [0.2, 0.25) is 0 Å². The van der Waals surface area contributed by atoms with Crippen LogP contribution in [0.4, 0.5) is 11.4 Å². The lowest BCUT2D eigenvalue weighted by Crippen LogP contribution is -2.52. The molecule has 2 aliphatic rings. The predicted octanol–water partition coefficient (Wildman–Crippen LogP) is 3.51. The first-order chi connectivity index (χ1) is 13.9. The van der Waals surface area contributed by atoms with Gasteiger partial charge in [0.25, 0.3) is 0 Å². The summed E-state index contributed by atoms with van der Waals surface area (Å²) in [6.07, 6.45) is 1.52. The number of para-hydroxylation sites is 1. The third kappa shape index (κ3) is 3.38. The SMILES string of the molecule is COc1ccc(NC(=O)[C@@H]2C[C@H](CC(C)C)N[C@@]23C(=O)Nc2ccccc23)cc1. The predicted molar refractivity (Wildman–Crippen MR) is 113 cm³/mol. The second kappa shape index (κ2) is 7.52. The van der Waals surface area contributed by atoms with Crippen LogP contribution >= 0.6 is 0 Å². The minimum atomic E-state index is -1.04. The summed E-state index contributed by atoms with van der Waals surface area (Å²) in [4.78, 5) is 26.5. The van der Waals surface area contributed by atoms with Gasteiger partial charge in [-0.15, -0.1) is 0 Å². The van der Waals surface area contributed by atoms with Gasteiger partial charge in [-0.1, -0.05) is 32.0 Å². The van der Waals surface area contributed by atoms with Crippen LogP contribution in [-0.2, 0) is 15.1 Å². The average molecular weight is 393 g/mol. The van der Waals surface area contributed by atoms with Gasteiger partial charge in [0.1, 0.15) is 11.3 Å². The molecule has 2 heterocycles. The summed E-state index contributed by atoms with van der Waals surface area (Å²) in [5.74, 6) is 0.383. The van der Waals surface area contributed by atoms with Gasteiger partial charge >= 0.3 is 0 Å². The normalized spacial score (nSPS) is 25.2. The van der Waals surface area contributed by atoms with Crippen molar-refractivity contribution in [2.24, 2.45) is 11.8 Å². The lowest BCUT2D eigenvalue weighted by molar-refractivity contribution is -0.130. The standard InChI is InChI=1S/C23H27N3O3/c1-14(2)12-16-13-19(21(27)24-15-8-10-17(29-3)11-9-15)23(26-16)18-6-4-5-7-20(18)25-22(23)28/h4-11,14,16,19,26H,12-13H2,1-3H3,(H,24,27)(H,25,28)/t16-,19-,23+/m0/s1. The van der Waals surface area contributed by atoms with E-state index in [9.17, 15) is 9.59 Å². The Labute approximate surface area is 171 Å². The van der Waals surface area contributed by atoms with Gasteiger partial charge in [0.05, 0.1) is 13.0 Å². The van der Waals surface area contributed by atoms with Crippen LogP contribution < -0.4 is 20.7 Å². The van der Waals surface area contributed by atoms with Gasteiger partial charge in [0.15, 0.2) is 0 Å². The van der Waals surface area contributed by atoms with Gasteiger partial charge in [0.2, 0.25) is 11.8 Å². The fourth-order valence-electron chi connectivity index (χ4n) is 4.64. The number of ether oxygens (including phenoxy) is 1. The number of carbonyl (C=O) groups is 2. The summed E-state index contributed by atoms with van der Waals surface area (Å²) in [7, 11) is 1.60. The lowest BCUT2D eigenvalue weighted by atomic mass is 9.79. The van der Waals surface area contributed by atoms with E-state index in [1.54, 1.807) is 31.4 Å². The zero-order valence-electron chi connectivity index (χ0n) is 17.0. The van der Waals surface area contributed by atoms with Crippen LogP contribution in [0, 0.1) is 11.8 Å². The molecule has 0 unspecified atom stereocenters. The first-order valence-corrected chi connectivity index (χ1v) is 10.1. The first kappa shape index (κ1) is 19.5. The minimum Gasteiger partial charge on any atom is -0.497 e.